The van der Waals surface area contributed by atoms with Gasteiger partial charge in [0.1, 0.15) is 0 Å². The molecule has 0 bridgehead atoms. The monoisotopic (exact) mass is 296 g/mol. The summed E-state index contributed by atoms with van der Waals surface area (Å²) in [5.74, 6) is 0.682. The predicted molar refractivity (Wildman–Crippen MR) is 72.9 cm³/mol. The molecule has 1 aliphatic rings. The minimum absolute atomic E-state index is 0.0875. The van der Waals surface area contributed by atoms with Crippen LogP contribution in [0.2, 0.25) is 0 Å². The number of rotatable bonds is 1. The van der Waals surface area contributed by atoms with E-state index in [1.165, 1.54) is 6.42 Å². The summed E-state index contributed by atoms with van der Waals surface area (Å²) in [6.45, 7) is 3.90. The molecule has 1 fully saturated rings. The number of benzene rings is 1. The van der Waals surface area contributed by atoms with Crippen molar-refractivity contribution < 1.29 is 4.79 Å². The molecule has 4 heteroatoms. The average Bonchev–Trinajstić information content (AvgIpc) is 2.26. The molecule has 92 valence electrons. The van der Waals surface area contributed by atoms with Gasteiger partial charge in [0.15, 0.2) is 0 Å². The molecule has 2 rings (SSSR count). The number of nitrogen functional groups attached to an aromatic ring is 1. The van der Waals surface area contributed by atoms with Gasteiger partial charge in [-0.3, -0.25) is 4.79 Å². The second kappa shape index (κ2) is 5.08. The summed E-state index contributed by atoms with van der Waals surface area (Å²) in [5.41, 5.74) is 7.04. The largest absolute Gasteiger partial charge is 0.399 e. The number of nitrogens with zero attached hydrogens (tertiary/aromatic N) is 1. The highest BCUT2D eigenvalue weighted by Gasteiger charge is 2.22. The van der Waals surface area contributed by atoms with Crippen LogP contribution in [0.25, 0.3) is 0 Å². The van der Waals surface area contributed by atoms with Crippen molar-refractivity contribution in [2.75, 3.05) is 18.8 Å². The number of likely N-dealkylation sites (tertiary alicyclic amines) is 1. The van der Waals surface area contributed by atoms with Crippen LogP contribution in [0.15, 0.2) is 22.7 Å². The second-order valence-electron chi connectivity index (χ2n) is 4.77. The Bertz CT molecular complexity index is 413. The van der Waals surface area contributed by atoms with Crippen molar-refractivity contribution in [2.24, 2.45) is 5.92 Å². The molecule has 1 heterocycles. The van der Waals surface area contributed by atoms with Gasteiger partial charge in [0.25, 0.3) is 5.91 Å². The lowest BCUT2D eigenvalue weighted by Crippen LogP contribution is -2.39. The van der Waals surface area contributed by atoms with Gasteiger partial charge in [0, 0.05) is 28.8 Å². The molecule has 1 atom stereocenters. The Balaban J connectivity index is 2.18. The van der Waals surface area contributed by atoms with Gasteiger partial charge < -0.3 is 10.6 Å². The highest BCUT2D eigenvalue weighted by atomic mass is 79.9. The lowest BCUT2D eigenvalue weighted by atomic mass is 9.99. The first kappa shape index (κ1) is 12.4. The van der Waals surface area contributed by atoms with Crippen molar-refractivity contribution in [3.63, 3.8) is 0 Å². The van der Waals surface area contributed by atoms with E-state index in [0.29, 0.717) is 17.2 Å². The number of carbonyl (C=O) groups is 1. The number of halogens is 1. The van der Waals surface area contributed by atoms with E-state index in [1.807, 2.05) is 11.0 Å². The quantitative estimate of drug-likeness (QED) is 0.810. The SMILES string of the molecule is C[C@H]1CCCN(C(=O)c2cc(N)cc(Br)c2)C1. The highest BCUT2D eigenvalue weighted by Crippen LogP contribution is 2.21. The van der Waals surface area contributed by atoms with E-state index in [-0.39, 0.29) is 5.91 Å². The first-order chi connectivity index (χ1) is 8.06. The fourth-order valence-electron chi connectivity index (χ4n) is 2.29. The summed E-state index contributed by atoms with van der Waals surface area (Å²) in [6, 6.07) is 5.37. The van der Waals surface area contributed by atoms with Crippen LogP contribution in [-0.4, -0.2) is 23.9 Å². The molecule has 2 N–H and O–H groups in total. The van der Waals surface area contributed by atoms with Crippen LogP contribution in [0.1, 0.15) is 30.1 Å². The predicted octanol–water partition coefficient (Wildman–Crippen LogP) is 2.90. The van der Waals surface area contributed by atoms with Crippen LogP contribution >= 0.6 is 15.9 Å². The number of piperidine rings is 1. The highest BCUT2D eigenvalue weighted by molar-refractivity contribution is 9.10. The summed E-state index contributed by atoms with van der Waals surface area (Å²) in [6.07, 6.45) is 2.31. The Morgan fingerprint density at radius 2 is 2.24 bits per heavy atom. The van der Waals surface area contributed by atoms with Crippen molar-refractivity contribution in [1.82, 2.24) is 4.90 Å². The van der Waals surface area contributed by atoms with Crippen LogP contribution in [0, 0.1) is 5.92 Å². The molecule has 3 nitrogen and oxygen atoms in total. The van der Waals surface area contributed by atoms with E-state index in [4.69, 9.17) is 5.73 Å². The summed E-state index contributed by atoms with van der Waals surface area (Å²) in [7, 11) is 0. The van der Waals surface area contributed by atoms with E-state index >= 15 is 0 Å². The Morgan fingerprint density at radius 3 is 2.88 bits per heavy atom. The van der Waals surface area contributed by atoms with Gasteiger partial charge in [-0.25, -0.2) is 0 Å². The zero-order valence-corrected chi connectivity index (χ0v) is 11.5. The van der Waals surface area contributed by atoms with E-state index in [9.17, 15) is 4.79 Å². The minimum atomic E-state index is 0.0875. The van der Waals surface area contributed by atoms with Crippen molar-refractivity contribution in [2.45, 2.75) is 19.8 Å². The van der Waals surface area contributed by atoms with Crippen molar-refractivity contribution >= 4 is 27.5 Å². The molecule has 1 aliphatic heterocycles. The van der Waals surface area contributed by atoms with E-state index < -0.39 is 0 Å². The lowest BCUT2D eigenvalue weighted by Gasteiger charge is -2.31. The van der Waals surface area contributed by atoms with Gasteiger partial charge in [-0.2, -0.15) is 0 Å². The van der Waals surface area contributed by atoms with Gasteiger partial charge in [-0.05, 0) is 37.0 Å². The number of nitrogens with two attached hydrogens (primary N) is 1. The second-order valence-corrected chi connectivity index (χ2v) is 5.69. The topological polar surface area (TPSA) is 46.3 Å². The molecule has 1 amide bonds. The number of carbonyl (C=O) groups excluding carboxylic acids is 1. The number of hydrogen-bond acceptors (Lipinski definition) is 2. The summed E-state index contributed by atoms with van der Waals surface area (Å²) in [5, 5.41) is 0. The molecule has 0 aliphatic carbocycles. The molecule has 0 radical (unpaired) electrons. The van der Waals surface area contributed by atoms with Crippen LogP contribution in [-0.2, 0) is 0 Å². The van der Waals surface area contributed by atoms with Crippen LogP contribution in [0.3, 0.4) is 0 Å². The van der Waals surface area contributed by atoms with Crippen molar-refractivity contribution in [3.05, 3.63) is 28.2 Å². The molecular formula is C13H17BrN2O. The molecule has 1 saturated heterocycles. The third kappa shape index (κ3) is 3.00. The van der Waals surface area contributed by atoms with Gasteiger partial charge in [-0.15, -0.1) is 0 Å². The van der Waals surface area contributed by atoms with Gasteiger partial charge >= 0.3 is 0 Å². The standard InChI is InChI=1S/C13H17BrN2O/c1-9-3-2-4-16(8-9)13(17)10-5-11(14)7-12(15)6-10/h5-7,9H,2-4,8,15H2,1H3/t9-/m0/s1. The molecule has 0 saturated carbocycles. The average molecular weight is 297 g/mol. The Morgan fingerprint density at radius 1 is 1.47 bits per heavy atom. The first-order valence-electron chi connectivity index (χ1n) is 5.91. The number of hydrogen-bond donors (Lipinski definition) is 1. The first-order valence-corrected chi connectivity index (χ1v) is 6.71. The third-order valence-corrected chi connectivity index (χ3v) is 3.57. The summed E-state index contributed by atoms with van der Waals surface area (Å²) in [4.78, 5) is 14.2. The zero-order chi connectivity index (χ0) is 12.4. The van der Waals surface area contributed by atoms with E-state index in [2.05, 4.69) is 22.9 Å². The van der Waals surface area contributed by atoms with Crippen LogP contribution < -0.4 is 5.73 Å². The van der Waals surface area contributed by atoms with E-state index in [1.54, 1.807) is 12.1 Å². The van der Waals surface area contributed by atoms with Crippen molar-refractivity contribution in [1.29, 1.82) is 0 Å². The number of amides is 1. The normalized spacial score (nSPS) is 20.4. The third-order valence-electron chi connectivity index (χ3n) is 3.11. The van der Waals surface area contributed by atoms with Crippen LogP contribution in [0.5, 0.6) is 0 Å². The Kier molecular flexibility index (Phi) is 3.72. The molecule has 1 aromatic carbocycles. The Hall–Kier alpha value is -1.03. The minimum Gasteiger partial charge on any atom is -0.399 e. The van der Waals surface area contributed by atoms with E-state index in [0.717, 1.165) is 24.0 Å². The summed E-state index contributed by atoms with van der Waals surface area (Å²) >= 11 is 3.37. The number of anilines is 1. The molecule has 0 aromatic heterocycles. The fraction of sp³-hybridized carbons (Fsp3) is 0.462. The van der Waals surface area contributed by atoms with Crippen molar-refractivity contribution in [3.8, 4) is 0 Å². The maximum Gasteiger partial charge on any atom is 0.253 e. The van der Waals surface area contributed by atoms with Gasteiger partial charge in [0.2, 0.25) is 0 Å². The zero-order valence-electron chi connectivity index (χ0n) is 9.95. The van der Waals surface area contributed by atoms with Gasteiger partial charge in [-0.1, -0.05) is 22.9 Å². The molecule has 1 aromatic rings. The molecular weight excluding hydrogens is 280 g/mol. The van der Waals surface area contributed by atoms with Gasteiger partial charge in [0.05, 0.1) is 0 Å². The molecule has 0 unspecified atom stereocenters. The smallest absolute Gasteiger partial charge is 0.253 e. The fourth-order valence-corrected chi connectivity index (χ4v) is 2.80. The van der Waals surface area contributed by atoms with Crippen LogP contribution in [0.4, 0.5) is 5.69 Å². The molecule has 17 heavy (non-hydrogen) atoms. The molecule has 0 spiro atoms. The Labute approximate surface area is 110 Å². The maximum atomic E-state index is 12.3. The summed E-state index contributed by atoms with van der Waals surface area (Å²) < 4.78 is 0.853. The maximum absolute atomic E-state index is 12.3. The lowest BCUT2D eigenvalue weighted by molar-refractivity contribution is 0.0683.